The summed E-state index contributed by atoms with van der Waals surface area (Å²) < 4.78 is 0. The second-order valence-corrected chi connectivity index (χ2v) is 3.98. The zero-order valence-electron chi connectivity index (χ0n) is 10.1. The number of carbonyl (C=O) groups is 2. The van der Waals surface area contributed by atoms with Gasteiger partial charge in [0.25, 0.3) is 0 Å². The molecule has 0 aromatic rings. The Morgan fingerprint density at radius 2 is 2.12 bits per heavy atom. The minimum atomic E-state index is -0.382. The van der Waals surface area contributed by atoms with Crippen LogP contribution in [0.1, 0.15) is 6.92 Å². The summed E-state index contributed by atoms with van der Waals surface area (Å²) in [5.41, 5.74) is 0. The summed E-state index contributed by atoms with van der Waals surface area (Å²) >= 11 is 0. The van der Waals surface area contributed by atoms with Gasteiger partial charge >= 0.3 is 0 Å². The van der Waals surface area contributed by atoms with E-state index in [4.69, 9.17) is 0 Å². The van der Waals surface area contributed by atoms with Crippen molar-refractivity contribution in [1.82, 2.24) is 15.1 Å². The summed E-state index contributed by atoms with van der Waals surface area (Å²) in [6, 6.07) is -0.382. The molecule has 0 bridgehead atoms. The summed E-state index contributed by atoms with van der Waals surface area (Å²) in [4.78, 5) is 26.8. The predicted molar refractivity (Wildman–Crippen MR) is 61.9 cm³/mol. The Kier molecular flexibility index (Phi) is 4.49. The van der Waals surface area contributed by atoms with Crippen LogP contribution in [0, 0.1) is 0 Å². The van der Waals surface area contributed by atoms with Crippen LogP contribution in [0.15, 0.2) is 12.2 Å². The average molecular weight is 225 g/mol. The van der Waals surface area contributed by atoms with Crippen LogP contribution >= 0.6 is 0 Å². The highest BCUT2D eigenvalue weighted by Crippen LogP contribution is 2.07. The molecule has 1 aliphatic heterocycles. The molecule has 0 radical (unpaired) electrons. The van der Waals surface area contributed by atoms with Crippen molar-refractivity contribution in [3.63, 3.8) is 0 Å². The maximum Gasteiger partial charge on any atom is 0.246 e. The molecule has 0 aliphatic carbocycles. The summed E-state index contributed by atoms with van der Waals surface area (Å²) in [5, 5.41) is 3.13. The fourth-order valence-electron chi connectivity index (χ4n) is 1.73. The lowest BCUT2D eigenvalue weighted by molar-refractivity contribution is -0.142. The van der Waals surface area contributed by atoms with Gasteiger partial charge in [0.2, 0.25) is 11.8 Å². The Morgan fingerprint density at radius 3 is 2.69 bits per heavy atom. The van der Waals surface area contributed by atoms with Gasteiger partial charge in [-0.2, -0.15) is 0 Å². The lowest BCUT2D eigenvalue weighted by Crippen LogP contribution is -2.59. The van der Waals surface area contributed by atoms with Gasteiger partial charge in [0.05, 0.1) is 0 Å². The van der Waals surface area contributed by atoms with E-state index in [1.165, 1.54) is 11.0 Å². The Morgan fingerprint density at radius 1 is 1.44 bits per heavy atom. The molecule has 90 valence electrons. The molecular weight excluding hydrogens is 206 g/mol. The summed E-state index contributed by atoms with van der Waals surface area (Å²) in [6.45, 7) is 3.64. The lowest BCUT2D eigenvalue weighted by Gasteiger charge is -2.35. The molecule has 1 N–H and O–H groups in total. The molecular formula is C11H19N3O2. The van der Waals surface area contributed by atoms with Crippen molar-refractivity contribution in [2.24, 2.45) is 0 Å². The molecule has 5 nitrogen and oxygen atoms in total. The van der Waals surface area contributed by atoms with Crippen molar-refractivity contribution >= 4 is 11.8 Å². The first-order valence-electron chi connectivity index (χ1n) is 5.43. The van der Waals surface area contributed by atoms with E-state index < -0.39 is 0 Å². The molecule has 1 aliphatic rings. The molecule has 16 heavy (non-hydrogen) atoms. The number of hydrogen-bond donors (Lipinski definition) is 1. The van der Waals surface area contributed by atoms with E-state index in [0.717, 1.165) is 6.54 Å². The normalized spacial score (nSPS) is 21.2. The highest BCUT2D eigenvalue weighted by molar-refractivity contribution is 5.93. The lowest BCUT2D eigenvalue weighted by atomic mass is 10.1. The standard InChI is InChI=1S/C11H19N3O2/c1-4-5-10(15)14-7-6-12-8-9(14)11(16)13(2)3/h4-5,9,12H,6-8H2,1-3H3. The number of amides is 2. The van der Waals surface area contributed by atoms with E-state index >= 15 is 0 Å². The third-order valence-electron chi connectivity index (χ3n) is 2.56. The van der Waals surface area contributed by atoms with E-state index in [1.54, 1.807) is 32.0 Å². The van der Waals surface area contributed by atoms with Gasteiger partial charge in [-0.05, 0) is 13.0 Å². The molecule has 1 fully saturated rings. The Balaban J connectivity index is 2.78. The molecule has 1 unspecified atom stereocenters. The number of nitrogens with one attached hydrogen (secondary N) is 1. The minimum absolute atomic E-state index is 0.0370. The van der Waals surface area contributed by atoms with Crippen molar-refractivity contribution in [3.05, 3.63) is 12.2 Å². The van der Waals surface area contributed by atoms with Crippen LogP contribution in [0.5, 0.6) is 0 Å². The van der Waals surface area contributed by atoms with Crippen molar-refractivity contribution in [2.75, 3.05) is 33.7 Å². The van der Waals surface area contributed by atoms with Gasteiger partial charge in [0.15, 0.2) is 0 Å². The van der Waals surface area contributed by atoms with Crippen molar-refractivity contribution in [2.45, 2.75) is 13.0 Å². The van der Waals surface area contributed by atoms with Crippen LogP contribution in [0.3, 0.4) is 0 Å². The fourth-order valence-corrected chi connectivity index (χ4v) is 1.73. The Bertz CT molecular complexity index is 300. The number of nitrogens with zero attached hydrogens (tertiary/aromatic N) is 2. The van der Waals surface area contributed by atoms with E-state index in [9.17, 15) is 9.59 Å². The summed E-state index contributed by atoms with van der Waals surface area (Å²) in [5.74, 6) is -0.130. The number of allylic oxidation sites excluding steroid dienone is 1. The highest BCUT2D eigenvalue weighted by atomic mass is 16.2. The van der Waals surface area contributed by atoms with Crippen LogP contribution in [0.25, 0.3) is 0 Å². The zero-order valence-corrected chi connectivity index (χ0v) is 10.1. The highest BCUT2D eigenvalue weighted by Gasteiger charge is 2.31. The maximum atomic E-state index is 11.9. The zero-order chi connectivity index (χ0) is 12.1. The monoisotopic (exact) mass is 225 g/mol. The first-order chi connectivity index (χ1) is 7.57. The number of hydrogen-bond acceptors (Lipinski definition) is 3. The summed E-state index contributed by atoms with van der Waals surface area (Å²) in [7, 11) is 3.41. The Labute approximate surface area is 96.1 Å². The Hall–Kier alpha value is -1.36. The minimum Gasteiger partial charge on any atom is -0.347 e. The fraction of sp³-hybridized carbons (Fsp3) is 0.636. The first-order valence-corrected chi connectivity index (χ1v) is 5.43. The van der Waals surface area contributed by atoms with Crippen molar-refractivity contribution in [1.29, 1.82) is 0 Å². The molecule has 1 atom stereocenters. The number of carbonyl (C=O) groups excluding carboxylic acids is 2. The van der Waals surface area contributed by atoms with Gasteiger partial charge in [-0.1, -0.05) is 6.08 Å². The van der Waals surface area contributed by atoms with Crippen LogP contribution in [-0.2, 0) is 9.59 Å². The maximum absolute atomic E-state index is 11.9. The van der Waals surface area contributed by atoms with E-state index in [-0.39, 0.29) is 17.9 Å². The quantitative estimate of drug-likeness (QED) is 0.642. The van der Waals surface area contributed by atoms with Crippen molar-refractivity contribution in [3.8, 4) is 0 Å². The third kappa shape index (κ3) is 2.82. The SMILES string of the molecule is CC=CC(=O)N1CCNCC1C(=O)N(C)C. The average Bonchev–Trinajstić information content (AvgIpc) is 2.28. The number of piperazine rings is 1. The third-order valence-corrected chi connectivity index (χ3v) is 2.56. The van der Waals surface area contributed by atoms with E-state index in [0.29, 0.717) is 13.1 Å². The van der Waals surface area contributed by atoms with Crippen molar-refractivity contribution < 1.29 is 9.59 Å². The van der Waals surface area contributed by atoms with Crippen LogP contribution in [0.4, 0.5) is 0 Å². The topological polar surface area (TPSA) is 52.7 Å². The number of rotatable bonds is 2. The second-order valence-electron chi connectivity index (χ2n) is 3.98. The van der Waals surface area contributed by atoms with Gasteiger partial charge < -0.3 is 15.1 Å². The molecule has 2 amide bonds. The predicted octanol–water partition coefficient (Wildman–Crippen LogP) is -0.549. The van der Waals surface area contributed by atoms with Crippen LogP contribution in [-0.4, -0.2) is 61.4 Å². The van der Waals surface area contributed by atoms with E-state index in [1.807, 2.05) is 0 Å². The van der Waals surface area contributed by atoms with Gasteiger partial charge in [-0.3, -0.25) is 9.59 Å². The molecule has 1 rings (SSSR count). The molecule has 5 heteroatoms. The molecule has 0 aromatic carbocycles. The number of likely N-dealkylation sites (N-methyl/N-ethyl adjacent to an activating group) is 1. The largest absolute Gasteiger partial charge is 0.347 e. The van der Waals surface area contributed by atoms with Gasteiger partial charge in [0, 0.05) is 33.7 Å². The van der Waals surface area contributed by atoms with Crippen LogP contribution < -0.4 is 5.32 Å². The summed E-state index contributed by atoms with van der Waals surface area (Å²) in [6.07, 6.45) is 3.20. The van der Waals surface area contributed by atoms with E-state index in [2.05, 4.69) is 5.32 Å². The first kappa shape index (κ1) is 12.7. The molecule has 0 aromatic heterocycles. The molecule has 0 saturated carbocycles. The van der Waals surface area contributed by atoms with Gasteiger partial charge in [-0.25, -0.2) is 0 Å². The van der Waals surface area contributed by atoms with Crippen LogP contribution in [0.2, 0.25) is 0 Å². The molecule has 1 heterocycles. The second kappa shape index (κ2) is 5.65. The molecule has 0 spiro atoms. The molecule has 1 saturated heterocycles. The van der Waals surface area contributed by atoms with Gasteiger partial charge in [-0.15, -0.1) is 0 Å². The smallest absolute Gasteiger partial charge is 0.246 e. The van der Waals surface area contributed by atoms with Gasteiger partial charge in [0.1, 0.15) is 6.04 Å².